The molecule has 2 aromatic heterocycles. The molecule has 2 aromatic rings. The van der Waals surface area contributed by atoms with Gasteiger partial charge in [0.1, 0.15) is 5.82 Å². The van der Waals surface area contributed by atoms with E-state index in [0.29, 0.717) is 18.9 Å². The second-order valence-corrected chi connectivity index (χ2v) is 7.25. The minimum Gasteiger partial charge on any atom is -0.383 e. The van der Waals surface area contributed by atoms with Gasteiger partial charge < -0.3 is 14.2 Å². The maximum atomic E-state index is 12.6. The van der Waals surface area contributed by atoms with E-state index < -0.39 is 0 Å². The van der Waals surface area contributed by atoms with Crippen LogP contribution in [0.2, 0.25) is 0 Å². The topological polar surface area (TPSA) is 60.2 Å². The first-order chi connectivity index (χ1) is 11.7. The van der Waals surface area contributed by atoms with Crippen molar-refractivity contribution >= 4 is 17.2 Å². The van der Waals surface area contributed by atoms with E-state index >= 15 is 0 Å². The number of carbonyl (C=O) groups excluding carboxylic acids is 1. The first kappa shape index (κ1) is 17.1. The summed E-state index contributed by atoms with van der Waals surface area (Å²) in [6.07, 6.45) is 6.32. The van der Waals surface area contributed by atoms with Gasteiger partial charge in [0.25, 0.3) is 0 Å². The number of ether oxygens (including phenoxy) is 1. The summed E-state index contributed by atoms with van der Waals surface area (Å²) in [7, 11) is 1.71. The molecule has 0 unspecified atom stereocenters. The van der Waals surface area contributed by atoms with Crippen LogP contribution in [0.5, 0.6) is 0 Å². The summed E-state index contributed by atoms with van der Waals surface area (Å²) >= 11 is 1.59. The second kappa shape index (κ2) is 7.90. The number of rotatable bonds is 6. The molecule has 130 valence electrons. The van der Waals surface area contributed by atoms with Crippen molar-refractivity contribution in [2.75, 3.05) is 26.8 Å². The Morgan fingerprint density at radius 2 is 2.38 bits per heavy atom. The second-order valence-electron chi connectivity index (χ2n) is 6.19. The lowest BCUT2D eigenvalue weighted by molar-refractivity contribution is -0.131. The normalized spacial score (nSPS) is 18.1. The van der Waals surface area contributed by atoms with Crippen molar-refractivity contribution in [2.45, 2.75) is 38.6 Å². The van der Waals surface area contributed by atoms with E-state index in [0.717, 1.165) is 49.0 Å². The number of aryl methyl sites for hydroxylation is 1. The van der Waals surface area contributed by atoms with Crippen LogP contribution in [0.25, 0.3) is 0 Å². The van der Waals surface area contributed by atoms with Crippen LogP contribution >= 0.6 is 11.3 Å². The molecule has 0 radical (unpaired) electrons. The number of carbonyl (C=O) groups is 1. The number of piperidine rings is 1. The SMILES string of the molecule is COCCn1ccnc1[C@@H]1CCCN(C(=O)Cc2csc(C)n2)C1. The molecule has 1 amide bonds. The zero-order chi connectivity index (χ0) is 16.9. The molecule has 3 rings (SSSR count). The van der Waals surface area contributed by atoms with Crippen molar-refractivity contribution in [1.82, 2.24) is 19.4 Å². The van der Waals surface area contributed by atoms with Crippen molar-refractivity contribution in [3.05, 3.63) is 34.3 Å². The summed E-state index contributed by atoms with van der Waals surface area (Å²) in [5.74, 6) is 1.53. The molecule has 1 fully saturated rings. The van der Waals surface area contributed by atoms with Gasteiger partial charge >= 0.3 is 0 Å². The number of likely N-dealkylation sites (tertiary alicyclic amines) is 1. The third kappa shape index (κ3) is 4.02. The highest BCUT2D eigenvalue weighted by Gasteiger charge is 2.27. The average Bonchev–Trinajstić information content (AvgIpc) is 3.22. The van der Waals surface area contributed by atoms with Crippen LogP contribution < -0.4 is 0 Å². The lowest BCUT2D eigenvalue weighted by atomic mass is 9.96. The van der Waals surface area contributed by atoms with Crippen molar-refractivity contribution < 1.29 is 9.53 Å². The van der Waals surface area contributed by atoms with Crippen LogP contribution in [0.4, 0.5) is 0 Å². The zero-order valence-electron chi connectivity index (χ0n) is 14.3. The molecule has 1 atom stereocenters. The molecule has 0 aliphatic carbocycles. The van der Waals surface area contributed by atoms with Gasteiger partial charge in [0, 0.05) is 50.4 Å². The molecule has 0 aromatic carbocycles. The minimum atomic E-state index is 0.167. The number of amides is 1. The third-order valence-corrected chi connectivity index (χ3v) is 5.24. The number of thiazole rings is 1. The van der Waals surface area contributed by atoms with E-state index in [9.17, 15) is 4.79 Å². The monoisotopic (exact) mass is 348 g/mol. The number of aromatic nitrogens is 3. The summed E-state index contributed by atoms with van der Waals surface area (Å²) < 4.78 is 7.31. The van der Waals surface area contributed by atoms with E-state index in [1.54, 1.807) is 18.4 Å². The van der Waals surface area contributed by atoms with Gasteiger partial charge in [0.15, 0.2) is 0 Å². The number of methoxy groups -OCH3 is 1. The standard InChI is InChI=1S/C17H24N4O2S/c1-13-19-15(12-24-13)10-16(22)21-6-3-4-14(11-21)17-18-5-7-20(17)8-9-23-2/h5,7,12,14H,3-4,6,8-11H2,1-2H3/t14-/m1/s1. The Bertz CT molecular complexity index is 682. The van der Waals surface area contributed by atoms with Gasteiger partial charge in [0.2, 0.25) is 5.91 Å². The predicted molar refractivity (Wildman–Crippen MR) is 93.2 cm³/mol. The Morgan fingerprint density at radius 3 is 3.12 bits per heavy atom. The van der Waals surface area contributed by atoms with Crippen molar-refractivity contribution in [3.8, 4) is 0 Å². The summed E-state index contributed by atoms with van der Waals surface area (Å²) in [6.45, 7) is 5.01. The van der Waals surface area contributed by atoms with Crippen molar-refractivity contribution in [3.63, 3.8) is 0 Å². The summed E-state index contributed by atoms with van der Waals surface area (Å²) in [5, 5.41) is 2.99. The fourth-order valence-electron chi connectivity index (χ4n) is 3.23. The lowest BCUT2D eigenvalue weighted by Gasteiger charge is -2.32. The van der Waals surface area contributed by atoms with Gasteiger partial charge in [-0.1, -0.05) is 0 Å². The first-order valence-corrected chi connectivity index (χ1v) is 9.24. The number of hydrogen-bond acceptors (Lipinski definition) is 5. The summed E-state index contributed by atoms with van der Waals surface area (Å²) in [4.78, 5) is 23.5. The van der Waals surface area contributed by atoms with Crippen LogP contribution in [0.1, 0.15) is 35.3 Å². The van der Waals surface area contributed by atoms with Gasteiger partial charge in [0.05, 0.1) is 23.7 Å². The highest BCUT2D eigenvalue weighted by molar-refractivity contribution is 7.09. The van der Waals surface area contributed by atoms with Crippen LogP contribution in [-0.4, -0.2) is 52.1 Å². The Labute approximate surface area is 146 Å². The van der Waals surface area contributed by atoms with Crippen molar-refractivity contribution in [2.24, 2.45) is 0 Å². The Kier molecular flexibility index (Phi) is 5.63. The smallest absolute Gasteiger partial charge is 0.228 e. The molecule has 1 aliphatic heterocycles. The fourth-order valence-corrected chi connectivity index (χ4v) is 3.84. The van der Waals surface area contributed by atoms with Crippen LogP contribution in [0.3, 0.4) is 0 Å². The van der Waals surface area contributed by atoms with Gasteiger partial charge in [-0.3, -0.25) is 4.79 Å². The highest BCUT2D eigenvalue weighted by Crippen LogP contribution is 2.26. The molecule has 3 heterocycles. The van der Waals surface area contributed by atoms with E-state index in [-0.39, 0.29) is 5.91 Å². The molecular formula is C17H24N4O2S. The lowest BCUT2D eigenvalue weighted by Crippen LogP contribution is -2.40. The molecule has 0 bridgehead atoms. The van der Waals surface area contributed by atoms with Gasteiger partial charge in [-0.25, -0.2) is 9.97 Å². The van der Waals surface area contributed by atoms with E-state index in [1.807, 2.05) is 29.6 Å². The van der Waals surface area contributed by atoms with Crippen LogP contribution in [0, 0.1) is 6.92 Å². The molecule has 7 heteroatoms. The summed E-state index contributed by atoms with van der Waals surface area (Å²) in [6, 6.07) is 0. The molecule has 1 saturated heterocycles. The number of imidazole rings is 1. The van der Waals surface area contributed by atoms with Crippen molar-refractivity contribution in [1.29, 1.82) is 0 Å². The highest BCUT2D eigenvalue weighted by atomic mass is 32.1. The zero-order valence-corrected chi connectivity index (χ0v) is 15.1. The average molecular weight is 348 g/mol. The molecule has 24 heavy (non-hydrogen) atoms. The van der Waals surface area contributed by atoms with Gasteiger partial charge in [-0.05, 0) is 19.8 Å². The molecule has 6 nitrogen and oxygen atoms in total. The largest absolute Gasteiger partial charge is 0.383 e. The quantitative estimate of drug-likeness (QED) is 0.803. The molecule has 0 N–H and O–H groups in total. The predicted octanol–water partition coefficient (Wildman–Crippen LogP) is 2.24. The Hall–Kier alpha value is -1.73. The molecular weight excluding hydrogens is 324 g/mol. The van der Waals surface area contributed by atoms with E-state index in [2.05, 4.69) is 14.5 Å². The molecule has 0 spiro atoms. The fraction of sp³-hybridized carbons (Fsp3) is 0.588. The van der Waals surface area contributed by atoms with Crippen LogP contribution in [-0.2, 0) is 22.5 Å². The van der Waals surface area contributed by atoms with Gasteiger partial charge in [-0.2, -0.15) is 0 Å². The minimum absolute atomic E-state index is 0.167. The third-order valence-electron chi connectivity index (χ3n) is 4.42. The van der Waals surface area contributed by atoms with Crippen LogP contribution in [0.15, 0.2) is 17.8 Å². The van der Waals surface area contributed by atoms with E-state index in [1.165, 1.54) is 0 Å². The maximum absolute atomic E-state index is 12.6. The Balaban J connectivity index is 1.63. The molecule has 1 aliphatic rings. The first-order valence-electron chi connectivity index (χ1n) is 8.36. The summed E-state index contributed by atoms with van der Waals surface area (Å²) in [5.41, 5.74) is 0.881. The molecule has 0 saturated carbocycles. The number of hydrogen-bond donors (Lipinski definition) is 0. The van der Waals surface area contributed by atoms with E-state index in [4.69, 9.17) is 4.74 Å². The number of nitrogens with zero attached hydrogens (tertiary/aromatic N) is 4. The Morgan fingerprint density at radius 1 is 1.50 bits per heavy atom. The van der Waals surface area contributed by atoms with Gasteiger partial charge in [-0.15, -0.1) is 11.3 Å². The maximum Gasteiger partial charge on any atom is 0.228 e.